The van der Waals surface area contributed by atoms with Gasteiger partial charge in [-0.3, -0.25) is 9.59 Å². The molecule has 2 amide bonds. The molecular weight excluding hydrogens is 312 g/mol. The summed E-state index contributed by atoms with van der Waals surface area (Å²) in [5.41, 5.74) is 0.225. The van der Waals surface area contributed by atoms with E-state index in [9.17, 15) is 14.0 Å². The number of hydrogen-bond acceptors (Lipinski definition) is 2. The van der Waals surface area contributed by atoms with E-state index in [1.54, 1.807) is 0 Å². The predicted molar refractivity (Wildman–Crippen MR) is 65.5 cm³/mol. The van der Waals surface area contributed by atoms with Crippen molar-refractivity contribution >= 4 is 45.0 Å². The Hall–Kier alpha value is -0.940. The standard InChI is InChI=1S/C11H8BrClFNO2/c12-7-4-6(14)5-8(13)11(7)15-9(16)2-1-3-10(15)17/h4-5H,1-3H2. The van der Waals surface area contributed by atoms with Crippen molar-refractivity contribution in [1.29, 1.82) is 0 Å². The van der Waals surface area contributed by atoms with Gasteiger partial charge in [0.25, 0.3) is 0 Å². The van der Waals surface area contributed by atoms with Crippen molar-refractivity contribution in [2.45, 2.75) is 19.3 Å². The third-order valence-electron chi connectivity index (χ3n) is 2.49. The smallest absolute Gasteiger partial charge is 0.233 e. The summed E-state index contributed by atoms with van der Waals surface area (Å²) in [6.07, 6.45) is 1.14. The highest BCUT2D eigenvalue weighted by Gasteiger charge is 2.30. The fraction of sp³-hybridized carbons (Fsp3) is 0.273. The average molecular weight is 321 g/mol. The molecule has 0 saturated carbocycles. The summed E-state index contributed by atoms with van der Waals surface area (Å²) in [5, 5.41) is 0.0421. The molecule has 1 aliphatic rings. The number of hydrogen-bond donors (Lipinski definition) is 0. The fourth-order valence-corrected chi connectivity index (χ4v) is 2.77. The Morgan fingerprint density at radius 3 is 2.35 bits per heavy atom. The molecule has 0 N–H and O–H groups in total. The first-order chi connectivity index (χ1) is 8.00. The highest BCUT2D eigenvalue weighted by molar-refractivity contribution is 9.10. The molecule has 0 unspecified atom stereocenters. The van der Waals surface area contributed by atoms with Gasteiger partial charge in [0.2, 0.25) is 11.8 Å². The first kappa shape index (κ1) is 12.5. The van der Waals surface area contributed by atoms with Crippen LogP contribution >= 0.6 is 27.5 Å². The molecule has 1 aliphatic heterocycles. The van der Waals surface area contributed by atoms with E-state index in [0.29, 0.717) is 23.7 Å². The van der Waals surface area contributed by atoms with Gasteiger partial charge in [0.05, 0.1) is 10.7 Å². The number of anilines is 1. The molecule has 3 nitrogen and oxygen atoms in total. The number of amides is 2. The van der Waals surface area contributed by atoms with Crippen molar-refractivity contribution < 1.29 is 14.0 Å². The summed E-state index contributed by atoms with van der Waals surface area (Å²) in [5.74, 6) is -1.14. The lowest BCUT2D eigenvalue weighted by Crippen LogP contribution is -2.40. The van der Waals surface area contributed by atoms with E-state index in [2.05, 4.69) is 15.9 Å². The van der Waals surface area contributed by atoms with Crippen molar-refractivity contribution in [3.05, 3.63) is 27.4 Å². The lowest BCUT2D eigenvalue weighted by atomic mass is 10.1. The molecular formula is C11H8BrClFNO2. The quantitative estimate of drug-likeness (QED) is 0.745. The second kappa shape index (κ2) is 4.74. The summed E-state index contributed by atoms with van der Waals surface area (Å²) in [6, 6.07) is 2.26. The summed E-state index contributed by atoms with van der Waals surface area (Å²) in [6.45, 7) is 0. The van der Waals surface area contributed by atoms with Crippen LogP contribution in [0.1, 0.15) is 19.3 Å². The molecule has 0 bridgehead atoms. The van der Waals surface area contributed by atoms with Crippen LogP contribution in [0.4, 0.5) is 10.1 Å². The van der Waals surface area contributed by atoms with Crippen molar-refractivity contribution in [3.8, 4) is 0 Å². The zero-order chi connectivity index (χ0) is 12.6. The van der Waals surface area contributed by atoms with Crippen LogP contribution in [0, 0.1) is 5.82 Å². The minimum Gasteiger partial charge on any atom is -0.274 e. The number of imide groups is 1. The van der Waals surface area contributed by atoms with Crippen LogP contribution in [0.2, 0.25) is 5.02 Å². The molecule has 0 aromatic heterocycles. The van der Waals surface area contributed by atoms with E-state index in [1.807, 2.05) is 0 Å². The minimum atomic E-state index is -0.525. The van der Waals surface area contributed by atoms with Gasteiger partial charge in [-0.2, -0.15) is 0 Å². The Bertz CT molecular complexity index is 467. The van der Waals surface area contributed by atoms with Crippen LogP contribution < -0.4 is 4.90 Å². The number of carbonyl (C=O) groups is 2. The van der Waals surface area contributed by atoms with Gasteiger partial charge in [-0.15, -0.1) is 0 Å². The highest BCUT2D eigenvalue weighted by atomic mass is 79.9. The molecule has 1 heterocycles. The van der Waals surface area contributed by atoms with Crippen LogP contribution in [-0.4, -0.2) is 11.8 Å². The Morgan fingerprint density at radius 1 is 1.24 bits per heavy atom. The minimum absolute atomic E-state index is 0.0421. The molecule has 0 radical (unpaired) electrons. The number of piperidine rings is 1. The maximum Gasteiger partial charge on any atom is 0.233 e. The van der Waals surface area contributed by atoms with Crippen molar-refractivity contribution in [3.63, 3.8) is 0 Å². The highest BCUT2D eigenvalue weighted by Crippen LogP contribution is 2.37. The Morgan fingerprint density at radius 2 is 1.82 bits per heavy atom. The maximum absolute atomic E-state index is 13.1. The summed E-state index contributed by atoms with van der Waals surface area (Å²) in [4.78, 5) is 24.5. The molecule has 90 valence electrons. The second-order valence-corrected chi connectivity index (χ2v) is 4.96. The van der Waals surface area contributed by atoms with Crippen molar-refractivity contribution in [1.82, 2.24) is 0 Å². The largest absolute Gasteiger partial charge is 0.274 e. The molecule has 0 aliphatic carbocycles. The molecule has 6 heteroatoms. The monoisotopic (exact) mass is 319 g/mol. The van der Waals surface area contributed by atoms with E-state index in [1.165, 1.54) is 6.07 Å². The van der Waals surface area contributed by atoms with E-state index < -0.39 is 5.82 Å². The third-order valence-corrected chi connectivity index (χ3v) is 3.38. The second-order valence-electron chi connectivity index (χ2n) is 3.69. The van der Waals surface area contributed by atoms with Crippen LogP contribution in [0.3, 0.4) is 0 Å². The lowest BCUT2D eigenvalue weighted by molar-refractivity contribution is -0.129. The van der Waals surface area contributed by atoms with Gasteiger partial charge in [-0.25, -0.2) is 9.29 Å². The van der Waals surface area contributed by atoms with E-state index in [0.717, 1.165) is 11.0 Å². The molecule has 1 fully saturated rings. The van der Waals surface area contributed by atoms with E-state index in [-0.39, 0.29) is 22.5 Å². The third kappa shape index (κ3) is 2.35. The molecule has 1 saturated heterocycles. The predicted octanol–water partition coefficient (Wildman–Crippen LogP) is 3.29. The van der Waals surface area contributed by atoms with Crippen molar-refractivity contribution in [2.24, 2.45) is 0 Å². The number of nitrogens with zero attached hydrogens (tertiary/aromatic N) is 1. The van der Waals surface area contributed by atoms with Gasteiger partial charge in [0, 0.05) is 17.3 Å². The van der Waals surface area contributed by atoms with Gasteiger partial charge >= 0.3 is 0 Å². The number of halogens is 3. The maximum atomic E-state index is 13.1. The molecule has 1 aromatic carbocycles. The van der Waals surface area contributed by atoms with E-state index in [4.69, 9.17) is 11.6 Å². The normalized spacial score (nSPS) is 16.5. The number of carbonyl (C=O) groups excluding carboxylic acids is 2. The summed E-state index contributed by atoms with van der Waals surface area (Å²) < 4.78 is 13.4. The molecule has 1 aromatic rings. The Labute approximate surface area is 111 Å². The lowest BCUT2D eigenvalue weighted by Gasteiger charge is -2.26. The van der Waals surface area contributed by atoms with Crippen LogP contribution in [0.25, 0.3) is 0 Å². The topological polar surface area (TPSA) is 37.4 Å². The van der Waals surface area contributed by atoms with E-state index >= 15 is 0 Å². The average Bonchev–Trinajstić information content (AvgIpc) is 2.21. The fourth-order valence-electron chi connectivity index (χ4n) is 1.75. The van der Waals surface area contributed by atoms with Gasteiger partial charge < -0.3 is 0 Å². The first-order valence-corrected chi connectivity index (χ1v) is 6.18. The van der Waals surface area contributed by atoms with Gasteiger partial charge in [0.1, 0.15) is 5.82 Å². The zero-order valence-electron chi connectivity index (χ0n) is 8.67. The zero-order valence-corrected chi connectivity index (χ0v) is 11.0. The van der Waals surface area contributed by atoms with Crippen molar-refractivity contribution in [2.75, 3.05) is 4.90 Å². The number of benzene rings is 1. The molecule has 2 rings (SSSR count). The Balaban J connectivity index is 2.52. The first-order valence-electron chi connectivity index (χ1n) is 5.01. The summed E-state index contributed by atoms with van der Waals surface area (Å²) in [7, 11) is 0. The summed E-state index contributed by atoms with van der Waals surface area (Å²) >= 11 is 9.00. The van der Waals surface area contributed by atoms with Gasteiger partial charge in [-0.05, 0) is 34.5 Å². The Kier molecular flexibility index (Phi) is 3.49. The molecule has 0 spiro atoms. The SMILES string of the molecule is O=C1CCCC(=O)N1c1c(Cl)cc(F)cc1Br. The van der Waals surface area contributed by atoms with Crippen LogP contribution in [0.15, 0.2) is 16.6 Å². The van der Waals surface area contributed by atoms with Crippen LogP contribution in [-0.2, 0) is 9.59 Å². The molecule has 17 heavy (non-hydrogen) atoms. The van der Waals surface area contributed by atoms with Gasteiger partial charge in [0.15, 0.2) is 0 Å². The van der Waals surface area contributed by atoms with Crippen LogP contribution in [0.5, 0.6) is 0 Å². The number of rotatable bonds is 1. The van der Waals surface area contributed by atoms with Gasteiger partial charge in [-0.1, -0.05) is 11.6 Å². The molecule has 0 atom stereocenters.